The number of methoxy groups -OCH3 is 1. The van der Waals surface area contributed by atoms with Crippen molar-refractivity contribution in [3.05, 3.63) is 53.9 Å². The van der Waals surface area contributed by atoms with E-state index in [4.69, 9.17) is 9.47 Å². The number of aromatic nitrogens is 1. The Balaban J connectivity index is 1.91. The maximum Gasteiger partial charge on any atom is 0.319 e. The second-order valence-electron chi connectivity index (χ2n) is 9.85. The fourth-order valence-electron chi connectivity index (χ4n) is 4.30. The summed E-state index contributed by atoms with van der Waals surface area (Å²) in [6.07, 6.45) is 3.46. The number of likely N-dealkylation sites (N-methyl/N-ethyl adjacent to an activating group) is 1. The van der Waals surface area contributed by atoms with Crippen LogP contribution in [0.2, 0.25) is 0 Å². The van der Waals surface area contributed by atoms with Gasteiger partial charge in [0.2, 0.25) is 0 Å². The van der Waals surface area contributed by atoms with Crippen molar-refractivity contribution in [2.45, 2.75) is 52.4 Å². The molecule has 1 aromatic heterocycles. The van der Waals surface area contributed by atoms with Crippen LogP contribution in [0.1, 0.15) is 43.6 Å². The van der Waals surface area contributed by atoms with Gasteiger partial charge in [-0.1, -0.05) is 6.92 Å². The number of carbonyl (C=O) groups excluding carboxylic acids is 2. The summed E-state index contributed by atoms with van der Waals surface area (Å²) >= 11 is 0. The molecule has 2 heterocycles. The molecule has 1 aliphatic heterocycles. The molecule has 9 nitrogen and oxygen atoms in total. The smallest absolute Gasteiger partial charge is 0.319 e. The number of amides is 3. The summed E-state index contributed by atoms with van der Waals surface area (Å²) in [6.45, 7) is 10.4. The summed E-state index contributed by atoms with van der Waals surface area (Å²) in [7, 11) is 3.45. The van der Waals surface area contributed by atoms with Gasteiger partial charge >= 0.3 is 6.03 Å². The van der Waals surface area contributed by atoms with E-state index in [0.717, 1.165) is 13.1 Å². The molecule has 196 valence electrons. The lowest BCUT2D eigenvalue weighted by Crippen LogP contribution is -2.46. The normalized spacial score (nSPS) is 21.7. The average molecular weight is 498 g/mol. The lowest BCUT2D eigenvalue weighted by molar-refractivity contribution is 0.00921. The number of ether oxygens (including phenoxy) is 2. The number of nitrogens with zero attached hydrogens (tertiary/aromatic N) is 3. The Kier molecular flexibility index (Phi) is 9.66. The van der Waals surface area contributed by atoms with Crippen molar-refractivity contribution in [2.24, 2.45) is 5.92 Å². The molecule has 0 saturated carbocycles. The van der Waals surface area contributed by atoms with E-state index in [9.17, 15) is 9.59 Å². The zero-order valence-corrected chi connectivity index (χ0v) is 22.2. The van der Waals surface area contributed by atoms with Crippen LogP contribution in [-0.4, -0.2) is 78.8 Å². The number of nitrogens with one attached hydrogen (secondary N) is 2. The first-order valence-corrected chi connectivity index (χ1v) is 12.4. The van der Waals surface area contributed by atoms with Crippen molar-refractivity contribution in [1.82, 2.24) is 20.1 Å². The van der Waals surface area contributed by atoms with E-state index < -0.39 is 0 Å². The molecule has 1 aromatic carbocycles. The number of hydrogen-bond acceptors (Lipinski definition) is 6. The Morgan fingerprint density at radius 1 is 1.19 bits per heavy atom. The van der Waals surface area contributed by atoms with Gasteiger partial charge in [0.1, 0.15) is 12.4 Å². The van der Waals surface area contributed by atoms with Gasteiger partial charge in [-0.2, -0.15) is 0 Å². The SMILES string of the molecule is CO[C@H]1CN(C)C(=O)c2cc(NC(=O)NC(C)C)ccc2OC[C@H](C)N(Cc2ccncc2)C[C@@H]1C. The van der Waals surface area contributed by atoms with E-state index in [1.807, 2.05) is 26.0 Å². The van der Waals surface area contributed by atoms with Gasteiger partial charge in [0.15, 0.2) is 0 Å². The molecule has 0 unspecified atom stereocenters. The number of fused-ring (bicyclic) bond motifs is 1. The van der Waals surface area contributed by atoms with Crippen LogP contribution < -0.4 is 15.4 Å². The quantitative estimate of drug-likeness (QED) is 0.655. The summed E-state index contributed by atoms with van der Waals surface area (Å²) in [4.78, 5) is 33.8. The van der Waals surface area contributed by atoms with Crippen molar-refractivity contribution in [3.63, 3.8) is 0 Å². The zero-order valence-electron chi connectivity index (χ0n) is 22.2. The van der Waals surface area contributed by atoms with E-state index >= 15 is 0 Å². The van der Waals surface area contributed by atoms with Crippen LogP contribution in [0.25, 0.3) is 0 Å². The number of rotatable bonds is 5. The first-order chi connectivity index (χ1) is 17.2. The van der Waals surface area contributed by atoms with Gasteiger partial charge in [0.25, 0.3) is 5.91 Å². The van der Waals surface area contributed by atoms with Crippen molar-refractivity contribution < 1.29 is 19.1 Å². The highest BCUT2D eigenvalue weighted by Gasteiger charge is 2.28. The molecule has 0 saturated heterocycles. The summed E-state index contributed by atoms with van der Waals surface area (Å²) in [5, 5.41) is 5.59. The minimum absolute atomic E-state index is 0.00469. The van der Waals surface area contributed by atoms with Gasteiger partial charge < -0.3 is 25.0 Å². The summed E-state index contributed by atoms with van der Waals surface area (Å²) in [5.74, 6) is 0.468. The van der Waals surface area contributed by atoms with Crippen LogP contribution in [0.3, 0.4) is 0 Å². The van der Waals surface area contributed by atoms with E-state index in [0.29, 0.717) is 30.2 Å². The monoisotopic (exact) mass is 497 g/mol. The van der Waals surface area contributed by atoms with Gasteiger partial charge in [-0.05, 0) is 62.6 Å². The molecule has 0 fully saturated rings. The molecule has 3 amide bonds. The molecule has 1 aliphatic rings. The van der Waals surface area contributed by atoms with Crippen LogP contribution in [0.5, 0.6) is 5.75 Å². The van der Waals surface area contributed by atoms with Crippen molar-refractivity contribution >= 4 is 17.6 Å². The van der Waals surface area contributed by atoms with Crippen LogP contribution in [0.4, 0.5) is 10.5 Å². The van der Waals surface area contributed by atoms with Gasteiger partial charge in [0.05, 0.1) is 11.7 Å². The Morgan fingerprint density at radius 2 is 1.92 bits per heavy atom. The Morgan fingerprint density at radius 3 is 2.58 bits per heavy atom. The highest BCUT2D eigenvalue weighted by molar-refractivity contribution is 5.99. The molecule has 0 aliphatic carbocycles. The molecule has 2 N–H and O–H groups in total. The van der Waals surface area contributed by atoms with Crippen LogP contribution >= 0.6 is 0 Å². The molecule has 36 heavy (non-hydrogen) atoms. The molecule has 3 atom stereocenters. The second-order valence-corrected chi connectivity index (χ2v) is 9.85. The summed E-state index contributed by atoms with van der Waals surface area (Å²) < 4.78 is 12.0. The highest BCUT2D eigenvalue weighted by atomic mass is 16.5. The Hall–Kier alpha value is -3.17. The number of anilines is 1. The predicted octanol–water partition coefficient (Wildman–Crippen LogP) is 3.62. The van der Waals surface area contributed by atoms with Crippen molar-refractivity contribution in [1.29, 1.82) is 0 Å². The molecular weight excluding hydrogens is 458 g/mol. The maximum atomic E-state index is 13.5. The molecule has 3 rings (SSSR count). The van der Waals surface area contributed by atoms with Crippen LogP contribution in [0, 0.1) is 5.92 Å². The topological polar surface area (TPSA) is 96.0 Å². The van der Waals surface area contributed by atoms with Gasteiger partial charge in [-0.15, -0.1) is 0 Å². The Bertz CT molecular complexity index is 1020. The first-order valence-electron chi connectivity index (χ1n) is 12.4. The summed E-state index contributed by atoms with van der Waals surface area (Å²) in [6, 6.07) is 8.95. The zero-order chi connectivity index (χ0) is 26.2. The van der Waals surface area contributed by atoms with Crippen molar-refractivity contribution in [3.8, 4) is 5.75 Å². The lowest BCUT2D eigenvalue weighted by Gasteiger charge is -2.36. The largest absolute Gasteiger partial charge is 0.491 e. The molecule has 0 radical (unpaired) electrons. The third-order valence-electron chi connectivity index (χ3n) is 6.39. The van der Waals surface area contributed by atoms with Crippen molar-refractivity contribution in [2.75, 3.05) is 39.2 Å². The lowest BCUT2D eigenvalue weighted by atomic mass is 10.0. The number of benzene rings is 1. The van der Waals surface area contributed by atoms with Crippen LogP contribution in [-0.2, 0) is 11.3 Å². The minimum atomic E-state index is -0.325. The molecule has 0 bridgehead atoms. The third-order valence-corrected chi connectivity index (χ3v) is 6.39. The van der Waals surface area contributed by atoms with E-state index in [1.165, 1.54) is 5.56 Å². The molecule has 0 spiro atoms. The number of hydrogen-bond donors (Lipinski definition) is 2. The van der Waals surface area contributed by atoms with E-state index in [1.54, 1.807) is 49.7 Å². The molecule has 2 aromatic rings. The fourth-order valence-corrected chi connectivity index (χ4v) is 4.30. The van der Waals surface area contributed by atoms with Gasteiger partial charge in [-0.3, -0.25) is 14.7 Å². The highest BCUT2D eigenvalue weighted by Crippen LogP contribution is 2.27. The Labute approximate surface area is 214 Å². The number of urea groups is 1. The minimum Gasteiger partial charge on any atom is -0.491 e. The van der Waals surface area contributed by atoms with Gasteiger partial charge in [-0.25, -0.2) is 4.79 Å². The standard InChI is InChI=1S/C27H39N5O4/c1-18(2)29-27(34)30-22-7-8-24-23(13-22)26(33)31(5)16-25(35-6)19(3)14-32(20(4)17-36-24)15-21-9-11-28-12-10-21/h7-13,18-20,25H,14-17H2,1-6H3,(H2,29,30,34)/t19-,20-,25-/m0/s1. The van der Waals surface area contributed by atoms with Gasteiger partial charge in [0, 0.05) is 64.0 Å². The first kappa shape index (κ1) is 27.4. The fraction of sp³-hybridized carbons (Fsp3) is 0.519. The predicted molar refractivity (Wildman–Crippen MR) is 140 cm³/mol. The average Bonchev–Trinajstić information content (AvgIpc) is 2.84. The third kappa shape index (κ3) is 7.41. The number of carbonyl (C=O) groups is 2. The van der Waals surface area contributed by atoms with Crippen LogP contribution in [0.15, 0.2) is 42.7 Å². The van der Waals surface area contributed by atoms with E-state index in [2.05, 4.69) is 34.4 Å². The number of pyridine rings is 1. The van der Waals surface area contributed by atoms with E-state index in [-0.39, 0.29) is 36.0 Å². The molecular formula is C27H39N5O4. The molecule has 9 heteroatoms. The second kappa shape index (κ2) is 12.7. The summed E-state index contributed by atoms with van der Waals surface area (Å²) in [5.41, 5.74) is 2.09. The maximum absolute atomic E-state index is 13.5.